The average molecular weight is 374 g/mol. The summed E-state index contributed by atoms with van der Waals surface area (Å²) in [4.78, 5) is -6.60. The molecule has 0 unspecified atom stereocenters. The quantitative estimate of drug-likeness (QED) is 0.596. The van der Waals surface area contributed by atoms with Crippen LogP contribution in [0.15, 0.2) is 28.0 Å². The van der Waals surface area contributed by atoms with E-state index in [-0.39, 0.29) is 0 Å². The van der Waals surface area contributed by atoms with E-state index in [1.54, 1.807) is 0 Å². The first-order valence-corrected chi connectivity index (χ1v) is 8.39. The monoisotopic (exact) mass is 374 g/mol. The highest BCUT2D eigenvalue weighted by Crippen LogP contribution is 3.04. The first kappa shape index (κ1) is 18.3. The molecular weight excluding hydrogens is 369 g/mol. The lowest BCUT2D eigenvalue weighted by Crippen LogP contribution is -2.31. The van der Waals surface area contributed by atoms with Crippen molar-refractivity contribution in [3.05, 3.63) is 18.2 Å². The van der Waals surface area contributed by atoms with Crippen LogP contribution in [0.25, 0.3) is 0 Å². The molecule has 0 saturated carbocycles. The van der Waals surface area contributed by atoms with Gasteiger partial charge in [0.2, 0.25) is 0 Å². The minimum absolute atomic E-state index is 0.737. The van der Waals surface area contributed by atoms with Gasteiger partial charge in [0.05, 0.1) is 0 Å². The SMILES string of the molecule is OB(O)c1cc(S(F)(F)(F)(F)F)cc(S(F)(F)(F)(F)F)c1. The van der Waals surface area contributed by atoms with Crippen LogP contribution < -0.4 is 5.46 Å². The molecule has 0 radical (unpaired) electrons. The minimum atomic E-state index is -10.7. The molecular formula is C6H5BF10O2S2. The Morgan fingerprint density at radius 2 is 0.905 bits per heavy atom. The summed E-state index contributed by atoms with van der Waals surface area (Å²) in [5, 5.41) is 17.0. The lowest BCUT2D eigenvalue weighted by atomic mass is 9.80. The average Bonchev–Trinajstić information content (AvgIpc) is 2.09. The van der Waals surface area contributed by atoms with Crippen LogP contribution >= 0.6 is 20.4 Å². The Morgan fingerprint density at radius 3 is 1.10 bits per heavy atom. The molecule has 0 spiro atoms. The maximum Gasteiger partial charge on any atom is 0.488 e. The number of benzene rings is 1. The fraction of sp³-hybridized carbons (Fsp3) is 0. The molecule has 0 aliphatic carbocycles. The highest BCUT2D eigenvalue weighted by molar-refractivity contribution is 8.46. The lowest BCUT2D eigenvalue weighted by Gasteiger charge is -2.44. The third kappa shape index (κ3) is 4.59. The summed E-state index contributed by atoms with van der Waals surface area (Å²) in [6.45, 7) is 0. The van der Waals surface area contributed by atoms with Crippen LogP contribution in [-0.4, -0.2) is 17.2 Å². The Bertz CT molecular complexity index is 556. The molecule has 1 rings (SSSR count). The fourth-order valence-corrected chi connectivity index (χ4v) is 2.68. The van der Waals surface area contributed by atoms with E-state index in [9.17, 15) is 38.9 Å². The van der Waals surface area contributed by atoms with Crippen molar-refractivity contribution in [1.82, 2.24) is 0 Å². The van der Waals surface area contributed by atoms with E-state index in [0.29, 0.717) is 0 Å². The van der Waals surface area contributed by atoms with Gasteiger partial charge in [-0.3, -0.25) is 0 Å². The smallest absolute Gasteiger partial charge is 0.423 e. The van der Waals surface area contributed by atoms with Gasteiger partial charge in [-0.2, -0.15) is 0 Å². The molecule has 1 aromatic rings. The molecule has 2 N–H and O–H groups in total. The number of halogens is 10. The van der Waals surface area contributed by atoms with Crippen molar-refractivity contribution in [2.24, 2.45) is 0 Å². The zero-order valence-corrected chi connectivity index (χ0v) is 10.9. The molecule has 21 heavy (non-hydrogen) atoms. The molecule has 126 valence electrons. The number of hydrogen-bond acceptors (Lipinski definition) is 2. The van der Waals surface area contributed by atoms with Crippen LogP contribution in [0.1, 0.15) is 0 Å². The summed E-state index contributed by atoms with van der Waals surface area (Å²) in [5.74, 6) is 0. The highest BCUT2D eigenvalue weighted by atomic mass is 32.5. The van der Waals surface area contributed by atoms with Gasteiger partial charge in [-0.25, -0.2) is 0 Å². The van der Waals surface area contributed by atoms with Gasteiger partial charge >= 0.3 is 27.6 Å². The molecule has 15 heteroatoms. The van der Waals surface area contributed by atoms with Crippen LogP contribution in [0.5, 0.6) is 0 Å². The Labute approximate surface area is 111 Å². The van der Waals surface area contributed by atoms with Crippen molar-refractivity contribution in [2.75, 3.05) is 0 Å². The molecule has 0 heterocycles. The Morgan fingerprint density at radius 1 is 0.619 bits per heavy atom. The number of rotatable bonds is 3. The molecule has 2 nitrogen and oxygen atoms in total. The molecule has 0 aliphatic rings. The van der Waals surface area contributed by atoms with E-state index < -0.39 is 61.0 Å². The van der Waals surface area contributed by atoms with Crippen LogP contribution in [0.2, 0.25) is 0 Å². The van der Waals surface area contributed by atoms with Gasteiger partial charge in [0.15, 0.2) is 0 Å². The van der Waals surface area contributed by atoms with Crippen LogP contribution in [0, 0.1) is 0 Å². The Hall–Kier alpha value is -0.795. The molecule has 0 aromatic heterocycles. The van der Waals surface area contributed by atoms with Gasteiger partial charge in [-0.1, -0.05) is 38.9 Å². The Balaban J connectivity index is 3.89. The molecule has 0 fully saturated rings. The second-order valence-electron chi connectivity index (χ2n) is 4.05. The molecule has 1 aromatic carbocycles. The summed E-state index contributed by atoms with van der Waals surface area (Å²) in [6.07, 6.45) is 0. The van der Waals surface area contributed by atoms with Crippen LogP contribution in [0.3, 0.4) is 0 Å². The van der Waals surface area contributed by atoms with Crippen molar-refractivity contribution >= 4 is 33.0 Å². The maximum absolute atomic E-state index is 12.4. The summed E-state index contributed by atoms with van der Waals surface area (Å²) in [5.41, 5.74) is -1.80. The zero-order valence-electron chi connectivity index (χ0n) is 9.30. The van der Waals surface area contributed by atoms with E-state index in [0.717, 1.165) is 0 Å². The van der Waals surface area contributed by atoms with Gasteiger partial charge in [-0.05, 0) is 23.7 Å². The van der Waals surface area contributed by atoms with Gasteiger partial charge in [-0.15, -0.1) is 0 Å². The molecule has 0 aliphatic heterocycles. The van der Waals surface area contributed by atoms with Crippen molar-refractivity contribution in [2.45, 2.75) is 9.79 Å². The van der Waals surface area contributed by atoms with Crippen molar-refractivity contribution in [3.8, 4) is 0 Å². The second-order valence-corrected chi connectivity index (χ2v) is 8.87. The van der Waals surface area contributed by atoms with Gasteiger partial charge in [0, 0.05) is 0 Å². The third-order valence-corrected chi connectivity index (χ3v) is 4.34. The van der Waals surface area contributed by atoms with Crippen LogP contribution in [-0.2, 0) is 0 Å². The first-order valence-electron chi connectivity index (χ1n) is 4.49. The van der Waals surface area contributed by atoms with E-state index in [4.69, 9.17) is 10.0 Å². The summed E-state index contributed by atoms with van der Waals surface area (Å²) in [6, 6.07) is -2.92. The number of hydrogen-bond donors (Lipinski definition) is 2. The van der Waals surface area contributed by atoms with E-state index in [1.165, 1.54) is 0 Å². The molecule has 0 amide bonds. The molecule has 0 saturated heterocycles. The van der Waals surface area contributed by atoms with E-state index >= 15 is 0 Å². The fourth-order valence-electron chi connectivity index (χ4n) is 1.19. The van der Waals surface area contributed by atoms with Gasteiger partial charge in [0.25, 0.3) is 0 Å². The largest absolute Gasteiger partial charge is 0.488 e. The normalized spacial score (nSPS) is 20.0. The van der Waals surface area contributed by atoms with Gasteiger partial charge in [0.1, 0.15) is 9.79 Å². The maximum atomic E-state index is 12.4. The molecule has 0 bridgehead atoms. The van der Waals surface area contributed by atoms with E-state index in [2.05, 4.69) is 0 Å². The summed E-state index contributed by atoms with van der Waals surface area (Å²) in [7, 11) is -24.6. The summed E-state index contributed by atoms with van der Waals surface area (Å²) >= 11 is 0. The first-order chi connectivity index (χ1) is 8.49. The van der Waals surface area contributed by atoms with Gasteiger partial charge < -0.3 is 10.0 Å². The zero-order chi connectivity index (χ0) is 17.2. The third-order valence-electron chi connectivity index (χ3n) is 2.09. The second kappa shape index (κ2) is 3.26. The van der Waals surface area contributed by atoms with E-state index in [1.807, 2.05) is 0 Å². The van der Waals surface area contributed by atoms with Crippen molar-refractivity contribution in [3.63, 3.8) is 0 Å². The topological polar surface area (TPSA) is 40.5 Å². The standard InChI is InChI=1S/C6H5BF10O2S2/c8-20(9,10,11,12)5-1-4(7(18)19)2-6(3-5)21(13,14,15,16)17/h1-3,18-19H. The van der Waals surface area contributed by atoms with Crippen molar-refractivity contribution < 1.29 is 48.9 Å². The predicted octanol–water partition coefficient (Wildman–Crippen LogP) is 4.68. The highest BCUT2D eigenvalue weighted by Gasteiger charge is 2.69. The summed E-state index contributed by atoms with van der Waals surface area (Å²) < 4.78 is 124. The predicted molar refractivity (Wildman–Crippen MR) is 59.1 cm³/mol. The van der Waals surface area contributed by atoms with Crippen LogP contribution in [0.4, 0.5) is 38.9 Å². The lowest BCUT2D eigenvalue weighted by molar-refractivity contribution is 0.360. The minimum Gasteiger partial charge on any atom is -0.423 e. The molecule has 0 atom stereocenters. The van der Waals surface area contributed by atoms with Crippen molar-refractivity contribution in [1.29, 1.82) is 0 Å². The Kier molecular flexibility index (Phi) is 2.83.